The highest BCUT2D eigenvalue weighted by Gasteiger charge is 2.31. The second-order valence-corrected chi connectivity index (χ2v) is 11.0. The van der Waals surface area contributed by atoms with Crippen LogP contribution in [0.1, 0.15) is 32.8 Å². The lowest BCUT2D eigenvalue weighted by atomic mass is 10.1. The summed E-state index contributed by atoms with van der Waals surface area (Å²) < 4.78 is 31.4. The van der Waals surface area contributed by atoms with E-state index in [1.807, 2.05) is 13.8 Å². The lowest BCUT2D eigenvalue weighted by molar-refractivity contribution is -0.139. The highest BCUT2D eigenvalue weighted by Crippen LogP contribution is 2.31. The Morgan fingerprint density at radius 2 is 1.80 bits per heavy atom. The van der Waals surface area contributed by atoms with Gasteiger partial charge in [-0.3, -0.25) is 13.9 Å². The summed E-state index contributed by atoms with van der Waals surface area (Å²) in [6.07, 6.45) is 1.69. The summed E-state index contributed by atoms with van der Waals surface area (Å²) in [6.45, 7) is 4.90. The number of rotatable bonds is 11. The fraction of sp³-hybridized carbons (Fsp3) is 0.417. The molecule has 0 spiro atoms. The molecule has 2 unspecified atom stereocenters. The van der Waals surface area contributed by atoms with E-state index >= 15 is 0 Å². The molecule has 2 aromatic carbocycles. The van der Waals surface area contributed by atoms with Gasteiger partial charge in [0.25, 0.3) is 0 Å². The highest BCUT2D eigenvalue weighted by atomic mass is 35.5. The first-order chi connectivity index (χ1) is 16.4. The topological polar surface area (TPSA) is 96.0 Å². The van der Waals surface area contributed by atoms with Gasteiger partial charge in [-0.1, -0.05) is 42.3 Å². The molecule has 1 N–H and O–H groups in total. The zero-order chi connectivity index (χ0) is 26.3. The van der Waals surface area contributed by atoms with Gasteiger partial charge < -0.3 is 15.0 Å². The van der Waals surface area contributed by atoms with Crippen molar-refractivity contribution in [2.45, 2.75) is 45.8 Å². The van der Waals surface area contributed by atoms with Crippen LogP contribution in [0.15, 0.2) is 42.5 Å². The first-order valence-corrected chi connectivity index (χ1v) is 13.6. The van der Waals surface area contributed by atoms with Gasteiger partial charge in [0.15, 0.2) is 0 Å². The Kier molecular flexibility index (Phi) is 10.2. The minimum absolute atomic E-state index is 0.0615. The third kappa shape index (κ3) is 8.02. The van der Waals surface area contributed by atoms with Crippen molar-refractivity contribution < 1.29 is 22.7 Å². The second kappa shape index (κ2) is 12.5. The Labute approximate surface area is 217 Å². The number of hydrogen-bond donors (Lipinski definition) is 1. The fourth-order valence-electron chi connectivity index (χ4n) is 3.29. The molecule has 11 heteroatoms. The van der Waals surface area contributed by atoms with Crippen LogP contribution >= 0.6 is 23.2 Å². The quantitative estimate of drug-likeness (QED) is 0.460. The third-order valence-corrected chi connectivity index (χ3v) is 7.19. The molecule has 0 aliphatic carbocycles. The normalized spacial score (nSPS) is 13.0. The number of sulfonamides is 1. The molecule has 2 rings (SSSR count). The van der Waals surface area contributed by atoms with Gasteiger partial charge in [0.2, 0.25) is 21.8 Å². The number of amides is 2. The Hall–Kier alpha value is -2.49. The molecular weight excluding hydrogens is 513 g/mol. The van der Waals surface area contributed by atoms with Gasteiger partial charge in [0.05, 0.1) is 24.1 Å². The van der Waals surface area contributed by atoms with E-state index in [2.05, 4.69) is 5.32 Å². The van der Waals surface area contributed by atoms with Crippen LogP contribution in [-0.4, -0.2) is 57.1 Å². The van der Waals surface area contributed by atoms with E-state index in [-0.39, 0.29) is 34.2 Å². The maximum Gasteiger partial charge on any atom is 0.244 e. The number of nitrogens with zero attached hydrogens (tertiary/aromatic N) is 2. The summed E-state index contributed by atoms with van der Waals surface area (Å²) in [5, 5.41) is 3.26. The van der Waals surface area contributed by atoms with Gasteiger partial charge in [0, 0.05) is 17.6 Å². The van der Waals surface area contributed by atoms with Gasteiger partial charge in [-0.2, -0.15) is 0 Å². The van der Waals surface area contributed by atoms with Crippen LogP contribution in [0, 0.1) is 0 Å². The molecule has 0 aliphatic heterocycles. The standard InChI is InChI=1S/C24H31Cl2N3O5S/c1-6-16(2)27-24(31)17(3)28(14-18-8-7-9-20(12-18)34-4)23(30)15-29(35(5,32)33)22-13-19(25)10-11-21(22)26/h7-13,16-17H,6,14-15H2,1-5H3,(H,27,31). The predicted molar refractivity (Wildman–Crippen MR) is 140 cm³/mol. The maximum absolute atomic E-state index is 13.6. The largest absolute Gasteiger partial charge is 0.497 e. The molecule has 2 aromatic rings. The predicted octanol–water partition coefficient (Wildman–Crippen LogP) is 4.10. The van der Waals surface area contributed by atoms with Crippen molar-refractivity contribution in [3.63, 3.8) is 0 Å². The van der Waals surface area contributed by atoms with Crippen LogP contribution in [0.3, 0.4) is 0 Å². The molecule has 2 atom stereocenters. The molecule has 0 bridgehead atoms. The fourth-order valence-corrected chi connectivity index (χ4v) is 4.58. The van der Waals surface area contributed by atoms with Crippen molar-refractivity contribution in [1.82, 2.24) is 10.2 Å². The summed E-state index contributed by atoms with van der Waals surface area (Å²) in [5.41, 5.74) is 0.792. The van der Waals surface area contributed by atoms with Crippen molar-refractivity contribution in [1.29, 1.82) is 0 Å². The lowest BCUT2D eigenvalue weighted by Crippen LogP contribution is -2.52. The van der Waals surface area contributed by atoms with Crippen LogP contribution in [-0.2, 0) is 26.2 Å². The van der Waals surface area contributed by atoms with E-state index in [9.17, 15) is 18.0 Å². The number of methoxy groups -OCH3 is 1. The smallest absolute Gasteiger partial charge is 0.244 e. The molecule has 0 radical (unpaired) electrons. The third-order valence-electron chi connectivity index (χ3n) is 5.51. The van der Waals surface area contributed by atoms with Crippen LogP contribution in [0.5, 0.6) is 5.75 Å². The molecule has 0 saturated heterocycles. The second-order valence-electron chi connectivity index (χ2n) is 8.23. The van der Waals surface area contributed by atoms with Gasteiger partial charge >= 0.3 is 0 Å². The molecule has 0 aliphatic rings. The van der Waals surface area contributed by atoms with Crippen molar-refractivity contribution in [2.24, 2.45) is 0 Å². The summed E-state index contributed by atoms with van der Waals surface area (Å²) in [4.78, 5) is 27.8. The van der Waals surface area contributed by atoms with E-state index in [1.165, 1.54) is 30.2 Å². The van der Waals surface area contributed by atoms with Crippen LogP contribution in [0.2, 0.25) is 10.0 Å². The minimum Gasteiger partial charge on any atom is -0.497 e. The maximum atomic E-state index is 13.6. The van der Waals surface area contributed by atoms with Crippen molar-refractivity contribution in [2.75, 3.05) is 24.2 Å². The van der Waals surface area contributed by atoms with Crippen LogP contribution in [0.4, 0.5) is 5.69 Å². The zero-order valence-electron chi connectivity index (χ0n) is 20.4. The van der Waals surface area contributed by atoms with Gasteiger partial charge in [-0.05, 0) is 56.2 Å². The molecule has 0 fully saturated rings. The number of carbonyl (C=O) groups is 2. The molecular formula is C24H31Cl2N3O5S. The molecule has 0 saturated carbocycles. The van der Waals surface area contributed by atoms with Gasteiger partial charge in [-0.15, -0.1) is 0 Å². The van der Waals surface area contributed by atoms with Crippen molar-refractivity contribution >= 4 is 50.7 Å². The zero-order valence-corrected chi connectivity index (χ0v) is 22.7. The Bertz CT molecular complexity index is 1160. The first kappa shape index (κ1) is 28.7. The van der Waals surface area contributed by atoms with Crippen LogP contribution in [0.25, 0.3) is 0 Å². The Morgan fingerprint density at radius 3 is 2.40 bits per heavy atom. The molecule has 35 heavy (non-hydrogen) atoms. The molecule has 2 amide bonds. The van der Waals surface area contributed by atoms with Gasteiger partial charge in [-0.25, -0.2) is 8.42 Å². The summed E-state index contributed by atoms with van der Waals surface area (Å²) in [6, 6.07) is 10.5. The number of hydrogen-bond acceptors (Lipinski definition) is 5. The number of carbonyl (C=O) groups excluding carboxylic acids is 2. The van der Waals surface area contributed by atoms with E-state index in [0.29, 0.717) is 11.3 Å². The van der Waals surface area contributed by atoms with Gasteiger partial charge in [0.1, 0.15) is 18.3 Å². The first-order valence-electron chi connectivity index (χ1n) is 11.0. The van der Waals surface area contributed by atoms with E-state index in [0.717, 1.165) is 17.0 Å². The number of nitrogens with one attached hydrogen (secondary N) is 1. The lowest BCUT2D eigenvalue weighted by Gasteiger charge is -2.32. The molecule has 0 aromatic heterocycles. The highest BCUT2D eigenvalue weighted by molar-refractivity contribution is 7.92. The summed E-state index contributed by atoms with van der Waals surface area (Å²) in [7, 11) is -2.39. The number of halogens is 2. The van der Waals surface area contributed by atoms with Crippen molar-refractivity contribution in [3.8, 4) is 5.75 Å². The summed E-state index contributed by atoms with van der Waals surface area (Å²) >= 11 is 12.3. The SMILES string of the molecule is CCC(C)NC(=O)C(C)N(Cc1cccc(OC)c1)C(=O)CN(c1cc(Cl)ccc1Cl)S(C)(=O)=O. The number of ether oxygens (including phenoxy) is 1. The number of anilines is 1. The summed E-state index contributed by atoms with van der Waals surface area (Å²) in [5.74, 6) is -0.335. The average Bonchev–Trinajstić information content (AvgIpc) is 2.81. The molecule has 0 heterocycles. The van der Waals surface area contributed by atoms with Crippen LogP contribution < -0.4 is 14.4 Å². The van der Waals surface area contributed by atoms with Crippen molar-refractivity contribution in [3.05, 3.63) is 58.1 Å². The molecule has 8 nitrogen and oxygen atoms in total. The minimum atomic E-state index is -3.92. The van der Waals surface area contributed by atoms with E-state index in [4.69, 9.17) is 27.9 Å². The Morgan fingerprint density at radius 1 is 1.11 bits per heavy atom. The number of benzene rings is 2. The average molecular weight is 545 g/mol. The van der Waals surface area contributed by atoms with E-state index in [1.54, 1.807) is 31.2 Å². The Balaban J connectivity index is 2.44. The monoisotopic (exact) mass is 543 g/mol. The van der Waals surface area contributed by atoms with E-state index < -0.39 is 28.5 Å². The molecule has 192 valence electrons.